The Labute approximate surface area is 63.5 Å². The molecule has 0 aromatic rings. The molecule has 0 spiro atoms. The second-order valence-corrected chi connectivity index (χ2v) is 3.06. The van der Waals surface area contributed by atoms with Gasteiger partial charge in [0.15, 0.2) is 0 Å². The lowest BCUT2D eigenvalue weighted by atomic mass is 9.91. The van der Waals surface area contributed by atoms with Crippen molar-refractivity contribution in [2.45, 2.75) is 26.2 Å². The van der Waals surface area contributed by atoms with Crippen LogP contribution in [-0.4, -0.2) is 13.1 Å². The van der Waals surface area contributed by atoms with Crippen LogP contribution < -0.4 is 5.32 Å². The molecule has 0 aromatic carbocycles. The van der Waals surface area contributed by atoms with Crippen LogP contribution in [0.25, 0.3) is 0 Å². The number of hydrogen-bond donors (Lipinski definition) is 1. The highest BCUT2D eigenvalue weighted by Gasteiger charge is 2.13. The van der Waals surface area contributed by atoms with Gasteiger partial charge in [0, 0.05) is 6.54 Å². The molecule has 58 valence electrons. The van der Waals surface area contributed by atoms with Crippen LogP contribution in [0.5, 0.6) is 0 Å². The van der Waals surface area contributed by atoms with E-state index < -0.39 is 0 Å². The standard InChI is InChI=1S/C9H17N/c1-3-8(2)9-5-4-6-10-7-9/h9-10H,2-7H2,1H3/t9-/m0/s1. The van der Waals surface area contributed by atoms with Crippen molar-refractivity contribution in [1.29, 1.82) is 0 Å². The van der Waals surface area contributed by atoms with Gasteiger partial charge in [0.25, 0.3) is 0 Å². The smallest absolute Gasteiger partial charge is 0.00167 e. The molecule has 0 saturated carbocycles. The molecule has 1 heterocycles. The maximum Gasteiger partial charge on any atom is 0.00167 e. The minimum atomic E-state index is 0.763. The van der Waals surface area contributed by atoms with E-state index in [1.807, 2.05) is 0 Å². The highest BCUT2D eigenvalue weighted by Crippen LogP contribution is 2.19. The van der Waals surface area contributed by atoms with Gasteiger partial charge in [0.2, 0.25) is 0 Å². The van der Waals surface area contributed by atoms with Crippen molar-refractivity contribution in [2.75, 3.05) is 13.1 Å². The molecule has 1 N–H and O–H groups in total. The fourth-order valence-corrected chi connectivity index (χ4v) is 1.49. The average Bonchev–Trinajstić information content (AvgIpc) is 2.05. The number of rotatable bonds is 2. The molecule has 1 heteroatoms. The largest absolute Gasteiger partial charge is 0.316 e. The summed E-state index contributed by atoms with van der Waals surface area (Å²) in [4.78, 5) is 0. The summed E-state index contributed by atoms with van der Waals surface area (Å²) < 4.78 is 0. The third kappa shape index (κ3) is 1.84. The third-order valence-electron chi connectivity index (χ3n) is 2.33. The molecule has 0 bridgehead atoms. The SMILES string of the molecule is C=C(CC)[C@H]1CCCNC1. The van der Waals surface area contributed by atoms with E-state index in [4.69, 9.17) is 0 Å². The number of piperidine rings is 1. The molecule has 1 saturated heterocycles. The van der Waals surface area contributed by atoms with Crippen molar-refractivity contribution in [1.82, 2.24) is 5.32 Å². The van der Waals surface area contributed by atoms with Crippen molar-refractivity contribution in [3.8, 4) is 0 Å². The Morgan fingerprint density at radius 3 is 3.00 bits per heavy atom. The summed E-state index contributed by atoms with van der Waals surface area (Å²) in [5.74, 6) is 0.763. The quantitative estimate of drug-likeness (QED) is 0.577. The second-order valence-electron chi connectivity index (χ2n) is 3.06. The zero-order valence-corrected chi connectivity index (χ0v) is 6.82. The summed E-state index contributed by atoms with van der Waals surface area (Å²) in [6.07, 6.45) is 3.82. The van der Waals surface area contributed by atoms with Crippen LogP contribution in [0.15, 0.2) is 12.2 Å². The number of hydrogen-bond acceptors (Lipinski definition) is 1. The molecular formula is C9H17N. The van der Waals surface area contributed by atoms with Crippen LogP contribution in [0.1, 0.15) is 26.2 Å². The van der Waals surface area contributed by atoms with Crippen molar-refractivity contribution < 1.29 is 0 Å². The second kappa shape index (κ2) is 3.77. The molecule has 1 atom stereocenters. The van der Waals surface area contributed by atoms with E-state index in [-0.39, 0.29) is 0 Å². The van der Waals surface area contributed by atoms with Crippen molar-refractivity contribution in [2.24, 2.45) is 5.92 Å². The van der Waals surface area contributed by atoms with E-state index in [0.717, 1.165) is 18.9 Å². The lowest BCUT2D eigenvalue weighted by Gasteiger charge is -2.23. The summed E-state index contributed by atoms with van der Waals surface area (Å²) in [6.45, 7) is 8.61. The van der Waals surface area contributed by atoms with Gasteiger partial charge in [-0.3, -0.25) is 0 Å². The van der Waals surface area contributed by atoms with Gasteiger partial charge < -0.3 is 5.32 Å². The first kappa shape index (κ1) is 7.80. The molecule has 1 aliphatic rings. The lowest BCUT2D eigenvalue weighted by Crippen LogP contribution is -2.30. The summed E-state index contributed by atoms with van der Waals surface area (Å²) in [7, 11) is 0. The highest BCUT2D eigenvalue weighted by atomic mass is 14.9. The molecule has 1 rings (SSSR count). The van der Waals surface area contributed by atoms with Gasteiger partial charge >= 0.3 is 0 Å². The summed E-state index contributed by atoms with van der Waals surface area (Å²) in [5, 5.41) is 3.39. The minimum Gasteiger partial charge on any atom is -0.316 e. The first-order valence-corrected chi connectivity index (χ1v) is 4.23. The van der Waals surface area contributed by atoms with Crippen molar-refractivity contribution in [3.63, 3.8) is 0 Å². The van der Waals surface area contributed by atoms with E-state index in [2.05, 4.69) is 18.8 Å². The summed E-state index contributed by atoms with van der Waals surface area (Å²) in [6, 6.07) is 0. The first-order valence-electron chi connectivity index (χ1n) is 4.23. The fraction of sp³-hybridized carbons (Fsp3) is 0.778. The Morgan fingerprint density at radius 1 is 1.70 bits per heavy atom. The van der Waals surface area contributed by atoms with Crippen LogP contribution >= 0.6 is 0 Å². The van der Waals surface area contributed by atoms with Gasteiger partial charge in [-0.1, -0.05) is 19.1 Å². The van der Waals surface area contributed by atoms with Crippen LogP contribution in [0.3, 0.4) is 0 Å². The maximum absolute atomic E-state index is 4.06. The van der Waals surface area contributed by atoms with Gasteiger partial charge in [-0.25, -0.2) is 0 Å². The molecule has 0 aliphatic carbocycles. The Balaban J connectivity index is 2.31. The predicted octanol–water partition coefficient (Wildman–Crippen LogP) is 1.95. The van der Waals surface area contributed by atoms with Crippen LogP contribution in [0.2, 0.25) is 0 Å². The Kier molecular flexibility index (Phi) is 2.94. The van der Waals surface area contributed by atoms with E-state index >= 15 is 0 Å². The van der Waals surface area contributed by atoms with E-state index in [9.17, 15) is 0 Å². The molecule has 1 aliphatic heterocycles. The van der Waals surface area contributed by atoms with Crippen molar-refractivity contribution >= 4 is 0 Å². The molecule has 10 heavy (non-hydrogen) atoms. The van der Waals surface area contributed by atoms with Gasteiger partial charge in [-0.15, -0.1) is 0 Å². The molecule has 0 aromatic heterocycles. The van der Waals surface area contributed by atoms with E-state index in [1.54, 1.807) is 0 Å². The summed E-state index contributed by atoms with van der Waals surface area (Å²) >= 11 is 0. The topological polar surface area (TPSA) is 12.0 Å². The zero-order chi connectivity index (χ0) is 7.40. The Morgan fingerprint density at radius 2 is 2.50 bits per heavy atom. The van der Waals surface area contributed by atoms with Gasteiger partial charge in [-0.05, 0) is 31.7 Å². The molecule has 0 unspecified atom stereocenters. The van der Waals surface area contributed by atoms with Gasteiger partial charge in [0.1, 0.15) is 0 Å². The van der Waals surface area contributed by atoms with Crippen molar-refractivity contribution in [3.05, 3.63) is 12.2 Å². The van der Waals surface area contributed by atoms with Crippen LogP contribution in [0, 0.1) is 5.92 Å². The molecular weight excluding hydrogens is 122 g/mol. The van der Waals surface area contributed by atoms with Gasteiger partial charge in [-0.2, -0.15) is 0 Å². The van der Waals surface area contributed by atoms with E-state index in [0.29, 0.717) is 0 Å². The maximum atomic E-state index is 4.06. The predicted molar refractivity (Wildman–Crippen MR) is 45.0 cm³/mol. The zero-order valence-electron chi connectivity index (χ0n) is 6.82. The summed E-state index contributed by atoms with van der Waals surface area (Å²) in [5.41, 5.74) is 1.42. The van der Waals surface area contributed by atoms with E-state index in [1.165, 1.54) is 25.0 Å². The minimum absolute atomic E-state index is 0.763. The monoisotopic (exact) mass is 139 g/mol. The lowest BCUT2D eigenvalue weighted by molar-refractivity contribution is 0.417. The highest BCUT2D eigenvalue weighted by molar-refractivity contribution is 5.01. The molecule has 1 fully saturated rings. The first-order chi connectivity index (χ1) is 4.84. The number of nitrogens with one attached hydrogen (secondary N) is 1. The molecule has 1 nitrogen and oxygen atoms in total. The average molecular weight is 139 g/mol. The van der Waals surface area contributed by atoms with Crippen LogP contribution in [-0.2, 0) is 0 Å². The normalized spacial score (nSPS) is 26.3. The van der Waals surface area contributed by atoms with Gasteiger partial charge in [0.05, 0.1) is 0 Å². The molecule has 0 radical (unpaired) electrons. The fourth-order valence-electron chi connectivity index (χ4n) is 1.49. The van der Waals surface area contributed by atoms with Crippen LogP contribution in [0.4, 0.5) is 0 Å². The third-order valence-corrected chi connectivity index (χ3v) is 2.33. The Hall–Kier alpha value is -0.300. The Bertz CT molecular complexity index is 112. The molecule has 0 amide bonds.